The Hall–Kier alpha value is -3.27. The summed E-state index contributed by atoms with van der Waals surface area (Å²) in [4.78, 5) is 40.0. The SMILES string of the molecule is Cc1cc(F)c(CNC(=O)c2c3n4c(c(O)c2=O)C(=O)N2CCOC2C4CC3)c(F)c1. The molecule has 2 atom stereocenters. The molecule has 1 aromatic carbocycles. The molecular weight excluding hydrogens is 412 g/mol. The molecule has 4 heterocycles. The largest absolute Gasteiger partial charge is 0.503 e. The maximum Gasteiger partial charge on any atom is 0.276 e. The summed E-state index contributed by atoms with van der Waals surface area (Å²) in [6, 6.07) is 1.97. The van der Waals surface area contributed by atoms with Gasteiger partial charge in [-0.2, -0.15) is 0 Å². The van der Waals surface area contributed by atoms with E-state index < -0.39 is 47.4 Å². The number of nitrogens with zero attached hydrogens (tertiary/aromatic N) is 2. The number of nitrogens with one attached hydrogen (secondary N) is 1. The number of aryl methyl sites for hydroxylation is 1. The van der Waals surface area contributed by atoms with Crippen molar-refractivity contribution >= 4 is 11.8 Å². The molecule has 162 valence electrons. The van der Waals surface area contributed by atoms with Crippen molar-refractivity contribution in [2.24, 2.45) is 0 Å². The lowest BCUT2D eigenvalue weighted by Crippen LogP contribution is -2.48. The van der Waals surface area contributed by atoms with E-state index in [0.29, 0.717) is 37.3 Å². The van der Waals surface area contributed by atoms with Gasteiger partial charge >= 0.3 is 0 Å². The number of pyridine rings is 1. The van der Waals surface area contributed by atoms with Crippen LogP contribution in [0.1, 0.15) is 50.1 Å². The first kappa shape index (κ1) is 19.7. The van der Waals surface area contributed by atoms with Crippen molar-refractivity contribution in [3.8, 4) is 5.75 Å². The van der Waals surface area contributed by atoms with Gasteiger partial charge in [0.1, 0.15) is 17.2 Å². The molecule has 0 saturated carbocycles. The second kappa shape index (κ2) is 6.88. The number of aromatic nitrogens is 1. The second-order valence-corrected chi connectivity index (χ2v) is 7.97. The standard InChI is InChI=1S/C21H19F2N3O5/c1-9-6-11(22)10(12(23)7-9)8-24-19(29)15-13-2-3-14-21-25(4-5-31-21)20(30)16(26(13)14)18(28)17(15)27/h6-7,14,21,28H,2-5,8H2,1H3,(H,24,29). The van der Waals surface area contributed by atoms with Gasteiger partial charge in [0.25, 0.3) is 11.8 Å². The van der Waals surface area contributed by atoms with Crippen LogP contribution in [0.5, 0.6) is 5.75 Å². The Labute approximate surface area is 175 Å². The molecule has 1 fully saturated rings. The molecule has 5 rings (SSSR count). The number of fused-ring (bicyclic) bond motifs is 2. The average molecular weight is 431 g/mol. The van der Waals surface area contributed by atoms with Gasteiger partial charge in [0.2, 0.25) is 5.43 Å². The number of hydrogen-bond acceptors (Lipinski definition) is 5. The highest BCUT2D eigenvalue weighted by Gasteiger charge is 2.49. The van der Waals surface area contributed by atoms with E-state index in [1.807, 2.05) is 0 Å². The van der Waals surface area contributed by atoms with E-state index in [9.17, 15) is 28.3 Å². The molecule has 1 saturated heterocycles. The smallest absolute Gasteiger partial charge is 0.276 e. The van der Waals surface area contributed by atoms with Crippen molar-refractivity contribution in [1.82, 2.24) is 14.8 Å². The van der Waals surface area contributed by atoms with Crippen molar-refractivity contribution < 1.29 is 28.2 Å². The highest BCUT2D eigenvalue weighted by molar-refractivity contribution is 6.00. The second-order valence-electron chi connectivity index (χ2n) is 7.97. The number of amides is 2. The molecule has 2 N–H and O–H groups in total. The van der Waals surface area contributed by atoms with Crippen LogP contribution in [0.4, 0.5) is 8.78 Å². The Balaban J connectivity index is 1.53. The Kier molecular flexibility index (Phi) is 4.37. The number of rotatable bonds is 3. The van der Waals surface area contributed by atoms with Crippen LogP contribution < -0.4 is 10.7 Å². The Morgan fingerprint density at radius 1 is 1.29 bits per heavy atom. The van der Waals surface area contributed by atoms with E-state index in [1.165, 1.54) is 9.47 Å². The summed E-state index contributed by atoms with van der Waals surface area (Å²) in [5.74, 6) is -3.81. The predicted octanol–water partition coefficient (Wildman–Crippen LogP) is 1.37. The molecule has 2 unspecified atom stereocenters. The third-order valence-electron chi connectivity index (χ3n) is 6.15. The van der Waals surface area contributed by atoms with Gasteiger partial charge in [-0.15, -0.1) is 0 Å². The molecule has 10 heteroatoms. The molecule has 2 amide bonds. The molecule has 0 spiro atoms. The lowest BCUT2D eigenvalue weighted by molar-refractivity contribution is -0.0124. The van der Waals surface area contributed by atoms with Crippen molar-refractivity contribution in [3.63, 3.8) is 0 Å². The Morgan fingerprint density at radius 2 is 2.00 bits per heavy atom. The number of carbonyl (C=O) groups is 2. The molecule has 0 aliphatic carbocycles. The molecule has 31 heavy (non-hydrogen) atoms. The molecule has 1 aromatic heterocycles. The van der Waals surface area contributed by atoms with E-state index in [4.69, 9.17) is 4.74 Å². The van der Waals surface area contributed by atoms with E-state index in [1.54, 1.807) is 6.92 Å². The van der Waals surface area contributed by atoms with Crippen LogP contribution in [0, 0.1) is 18.6 Å². The van der Waals surface area contributed by atoms with Gasteiger partial charge in [-0.1, -0.05) is 0 Å². The summed E-state index contributed by atoms with van der Waals surface area (Å²) in [5.41, 5.74) is -1.06. The monoisotopic (exact) mass is 431 g/mol. The zero-order valence-electron chi connectivity index (χ0n) is 16.6. The topological polar surface area (TPSA) is 101 Å². The fourth-order valence-electron chi connectivity index (χ4n) is 4.78. The number of carbonyl (C=O) groups excluding carboxylic acids is 2. The summed E-state index contributed by atoms with van der Waals surface area (Å²) in [6.45, 7) is 1.78. The maximum absolute atomic E-state index is 14.1. The Morgan fingerprint density at radius 3 is 2.71 bits per heavy atom. The molecular formula is C21H19F2N3O5. The van der Waals surface area contributed by atoms with E-state index in [-0.39, 0.29) is 22.9 Å². The molecule has 2 aromatic rings. The third-order valence-corrected chi connectivity index (χ3v) is 6.15. The number of halogens is 2. The zero-order valence-corrected chi connectivity index (χ0v) is 16.6. The van der Waals surface area contributed by atoms with Crippen molar-refractivity contribution in [2.45, 2.75) is 38.6 Å². The number of benzene rings is 1. The maximum atomic E-state index is 14.1. The van der Waals surface area contributed by atoms with Crippen LogP contribution in [0.15, 0.2) is 16.9 Å². The summed E-state index contributed by atoms with van der Waals surface area (Å²) >= 11 is 0. The van der Waals surface area contributed by atoms with Crippen molar-refractivity contribution in [2.75, 3.05) is 13.2 Å². The van der Waals surface area contributed by atoms with Gasteiger partial charge in [-0.05, 0) is 37.5 Å². The summed E-state index contributed by atoms with van der Waals surface area (Å²) in [7, 11) is 0. The minimum Gasteiger partial charge on any atom is -0.503 e. The number of aromatic hydroxyl groups is 1. The van der Waals surface area contributed by atoms with Gasteiger partial charge in [0.15, 0.2) is 17.7 Å². The molecule has 0 bridgehead atoms. The first-order chi connectivity index (χ1) is 14.8. The van der Waals surface area contributed by atoms with Crippen LogP contribution in [0.3, 0.4) is 0 Å². The minimum atomic E-state index is -0.976. The summed E-state index contributed by atoms with van der Waals surface area (Å²) < 4.78 is 35.4. The van der Waals surface area contributed by atoms with E-state index in [2.05, 4.69) is 5.32 Å². The highest BCUT2D eigenvalue weighted by Crippen LogP contribution is 2.41. The van der Waals surface area contributed by atoms with Gasteiger partial charge in [0.05, 0.1) is 12.6 Å². The van der Waals surface area contributed by atoms with Crippen molar-refractivity contribution in [3.05, 3.63) is 62.1 Å². The highest BCUT2D eigenvalue weighted by atomic mass is 19.1. The quantitative estimate of drug-likeness (QED) is 0.765. The zero-order chi connectivity index (χ0) is 22.0. The number of hydrogen-bond donors (Lipinski definition) is 2. The van der Waals surface area contributed by atoms with Crippen LogP contribution in [-0.4, -0.2) is 45.8 Å². The average Bonchev–Trinajstić information content (AvgIpc) is 3.34. The molecule has 3 aliphatic rings. The van der Waals surface area contributed by atoms with Crippen LogP contribution in [-0.2, 0) is 17.7 Å². The van der Waals surface area contributed by atoms with Gasteiger partial charge < -0.3 is 24.6 Å². The van der Waals surface area contributed by atoms with Gasteiger partial charge in [-0.3, -0.25) is 14.4 Å². The predicted molar refractivity (Wildman–Crippen MR) is 103 cm³/mol. The third kappa shape index (κ3) is 2.78. The first-order valence-electron chi connectivity index (χ1n) is 9.95. The molecule has 0 radical (unpaired) electrons. The first-order valence-corrected chi connectivity index (χ1v) is 9.95. The fourth-order valence-corrected chi connectivity index (χ4v) is 4.78. The molecule has 8 nitrogen and oxygen atoms in total. The lowest BCUT2D eigenvalue weighted by Gasteiger charge is -2.36. The van der Waals surface area contributed by atoms with Crippen LogP contribution in [0.2, 0.25) is 0 Å². The van der Waals surface area contributed by atoms with Gasteiger partial charge in [0, 0.05) is 24.3 Å². The number of ether oxygens (including phenoxy) is 1. The van der Waals surface area contributed by atoms with Crippen LogP contribution in [0.25, 0.3) is 0 Å². The van der Waals surface area contributed by atoms with Crippen molar-refractivity contribution in [1.29, 1.82) is 0 Å². The normalized spacial score (nSPS) is 21.3. The lowest BCUT2D eigenvalue weighted by atomic mass is 10.1. The van der Waals surface area contributed by atoms with E-state index >= 15 is 0 Å². The fraction of sp³-hybridized carbons (Fsp3) is 0.381. The summed E-state index contributed by atoms with van der Waals surface area (Å²) in [5, 5.41) is 12.9. The molecule has 3 aliphatic heterocycles. The van der Waals surface area contributed by atoms with E-state index in [0.717, 1.165) is 12.1 Å². The van der Waals surface area contributed by atoms with Crippen LogP contribution >= 0.6 is 0 Å². The summed E-state index contributed by atoms with van der Waals surface area (Å²) in [6.07, 6.45) is 0.325. The minimum absolute atomic E-state index is 0.142. The van der Waals surface area contributed by atoms with Gasteiger partial charge in [-0.25, -0.2) is 8.78 Å². The Bertz CT molecular complexity index is 1190.